The van der Waals surface area contributed by atoms with Gasteiger partial charge in [-0.2, -0.15) is 0 Å². The van der Waals surface area contributed by atoms with E-state index in [1.807, 2.05) is 12.1 Å². The van der Waals surface area contributed by atoms with Crippen molar-refractivity contribution in [2.24, 2.45) is 5.73 Å². The molecule has 0 aliphatic heterocycles. The number of carbonyl (C=O) groups is 1. The van der Waals surface area contributed by atoms with Crippen LogP contribution in [-0.2, 0) is 11.3 Å². The van der Waals surface area contributed by atoms with Crippen LogP contribution in [0.4, 0.5) is 5.69 Å². The number of rotatable bonds is 3. The summed E-state index contributed by atoms with van der Waals surface area (Å²) in [6, 6.07) is 6.87. The number of nitrogen functional groups attached to an aromatic ring is 1. The van der Waals surface area contributed by atoms with Crippen LogP contribution < -0.4 is 16.8 Å². The number of benzene rings is 1. The zero-order chi connectivity index (χ0) is 10.6. The summed E-state index contributed by atoms with van der Waals surface area (Å²) in [7, 11) is 0. The predicted octanol–water partition coefficient (Wildman–Crippen LogP) is 0.232. The van der Waals surface area contributed by atoms with Crippen LogP contribution in [0.1, 0.15) is 12.5 Å². The molecule has 4 nitrogen and oxygen atoms in total. The lowest BCUT2D eigenvalue weighted by molar-refractivity contribution is -0.122. The second kappa shape index (κ2) is 4.62. The fraction of sp³-hybridized carbons (Fsp3) is 0.300. The van der Waals surface area contributed by atoms with Gasteiger partial charge in [0.15, 0.2) is 0 Å². The van der Waals surface area contributed by atoms with E-state index >= 15 is 0 Å². The molecule has 1 rings (SSSR count). The first-order valence-corrected chi connectivity index (χ1v) is 4.47. The molecule has 14 heavy (non-hydrogen) atoms. The van der Waals surface area contributed by atoms with Crippen LogP contribution in [0.15, 0.2) is 24.3 Å². The molecule has 0 spiro atoms. The topological polar surface area (TPSA) is 81.1 Å². The van der Waals surface area contributed by atoms with E-state index in [0.717, 1.165) is 5.56 Å². The minimum absolute atomic E-state index is 0.151. The van der Waals surface area contributed by atoms with E-state index in [1.54, 1.807) is 19.1 Å². The average molecular weight is 193 g/mol. The molecule has 1 aromatic rings. The van der Waals surface area contributed by atoms with Gasteiger partial charge in [-0.05, 0) is 24.6 Å². The number of carbonyl (C=O) groups excluding carboxylic acids is 1. The molecule has 0 saturated heterocycles. The van der Waals surface area contributed by atoms with Crippen LogP contribution in [0, 0.1) is 0 Å². The van der Waals surface area contributed by atoms with Gasteiger partial charge < -0.3 is 16.8 Å². The Balaban J connectivity index is 2.46. The van der Waals surface area contributed by atoms with Crippen molar-refractivity contribution in [1.29, 1.82) is 0 Å². The summed E-state index contributed by atoms with van der Waals surface area (Å²) in [5.41, 5.74) is 12.6. The van der Waals surface area contributed by atoms with Crippen molar-refractivity contribution in [2.45, 2.75) is 19.5 Å². The minimum Gasteiger partial charge on any atom is -0.399 e. The van der Waals surface area contributed by atoms with E-state index in [2.05, 4.69) is 5.32 Å². The van der Waals surface area contributed by atoms with Crippen LogP contribution in [0.25, 0.3) is 0 Å². The third kappa shape index (κ3) is 3.06. The van der Waals surface area contributed by atoms with Crippen molar-refractivity contribution < 1.29 is 4.79 Å². The third-order valence-corrected chi connectivity index (χ3v) is 1.86. The quantitative estimate of drug-likeness (QED) is 0.601. The molecule has 0 radical (unpaired) electrons. The molecule has 0 heterocycles. The van der Waals surface area contributed by atoms with Crippen LogP contribution >= 0.6 is 0 Å². The summed E-state index contributed by atoms with van der Waals surface area (Å²) in [4.78, 5) is 11.1. The maximum atomic E-state index is 11.1. The number of nitrogens with one attached hydrogen (secondary N) is 1. The Morgan fingerprint density at radius 1 is 1.43 bits per heavy atom. The Morgan fingerprint density at radius 3 is 2.50 bits per heavy atom. The van der Waals surface area contributed by atoms with E-state index in [-0.39, 0.29) is 5.91 Å². The second-order valence-corrected chi connectivity index (χ2v) is 3.25. The zero-order valence-electron chi connectivity index (χ0n) is 8.16. The first kappa shape index (κ1) is 10.5. The van der Waals surface area contributed by atoms with Gasteiger partial charge in [-0.1, -0.05) is 12.1 Å². The first-order valence-electron chi connectivity index (χ1n) is 4.47. The standard InChI is InChI=1S/C10H15N3O/c1-7(11)10(14)13-6-8-2-4-9(12)5-3-8/h2-5,7H,6,11-12H2,1H3,(H,13,14). The van der Waals surface area contributed by atoms with Crippen LogP contribution in [0.2, 0.25) is 0 Å². The van der Waals surface area contributed by atoms with Gasteiger partial charge in [0.25, 0.3) is 0 Å². The van der Waals surface area contributed by atoms with Gasteiger partial charge in [-0.15, -0.1) is 0 Å². The molecule has 0 bridgehead atoms. The van der Waals surface area contributed by atoms with E-state index in [1.165, 1.54) is 0 Å². The molecule has 0 aromatic heterocycles. The van der Waals surface area contributed by atoms with Crippen LogP contribution in [-0.4, -0.2) is 11.9 Å². The number of hydrogen-bond donors (Lipinski definition) is 3. The van der Waals surface area contributed by atoms with Crippen molar-refractivity contribution in [3.63, 3.8) is 0 Å². The van der Waals surface area contributed by atoms with Crippen molar-refractivity contribution in [2.75, 3.05) is 5.73 Å². The molecule has 1 aromatic carbocycles. The lowest BCUT2D eigenvalue weighted by Crippen LogP contribution is -2.37. The van der Waals surface area contributed by atoms with Gasteiger partial charge in [0.05, 0.1) is 6.04 Å². The normalized spacial score (nSPS) is 12.1. The monoisotopic (exact) mass is 193 g/mol. The Labute approximate surface area is 83.3 Å². The molecule has 1 atom stereocenters. The van der Waals surface area contributed by atoms with Gasteiger partial charge in [0.2, 0.25) is 5.91 Å². The number of anilines is 1. The van der Waals surface area contributed by atoms with Gasteiger partial charge in [-0.25, -0.2) is 0 Å². The largest absolute Gasteiger partial charge is 0.399 e. The molecule has 4 heteroatoms. The lowest BCUT2D eigenvalue weighted by atomic mass is 10.2. The van der Waals surface area contributed by atoms with Gasteiger partial charge in [0, 0.05) is 12.2 Å². The molecule has 0 saturated carbocycles. The smallest absolute Gasteiger partial charge is 0.236 e. The fourth-order valence-electron chi connectivity index (χ4n) is 0.986. The Morgan fingerprint density at radius 2 is 2.00 bits per heavy atom. The maximum absolute atomic E-state index is 11.1. The summed E-state index contributed by atoms with van der Waals surface area (Å²) in [5, 5.41) is 2.71. The van der Waals surface area contributed by atoms with E-state index < -0.39 is 6.04 Å². The number of hydrogen-bond acceptors (Lipinski definition) is 3. The molecule has 76 valence electrons. The summed E-state index contributed by atoms with van der Waals surface area (Å²) >= 11 is 0. The molecule has 1 amide bonds. The van der Waals surface area contributed by atoms with E-state index in [9.17, 15) is 4.79 Å². The highest BCUT2D eigenvalue weighted by molar-refractivity contribution is 5.80. The van der Waals surface area contributed by atoms with Crippen LogP contribution in [0.5, 0.6) is 0 Å². The Kier molecular flexibility index (Phi) is 3.48. The zero-order valence-corrected chi connectivity index (χ0v) is 8.16. The molecular formula is C10H15N3O. The molecule has 5 N–H and O–H groups in total. The van der Waals surface area contributed by atoms with Crippen molar-refractivity contribution in [3.8, 4) is 0 Å². The van der Waals surface area contributed by atoms with Crippen molar-refractivity contribution in [3.05, 3.63) is 29.8 Å². The Bertz CT molecular complexity index is 306. The number of amides is 1. The second-order valence-electron chi connectivity index (χ2n) is 3.25. The molecule has 0 fully saturated rings. The third-order valence-electron chi connectivity index (χ3n) is 1.86. The maximum Gasteiger partial charge on any atom is 0.236 e. The average Bonchev–Trinajstić information content (AvgIpc) is 2.16. The predicted molar refractivity (Wildman–Crippen MR) is 56.4 cm³/mol. The van der Waals surface area contributed by atoms with Gasteiger partial charge in [-0.3, -0.25) is 4.79 Å². The highest BCUT2D eigenvalue weighted by Crippen LogP contribution is 2.04. The molecule has 0 aliphatic carbocycles. The van der Waals surface area contributed by atoms with Crippen LogP contribution in [0.3, 0.4) is 0 Å². The summed E-state index contributed by atoms with van der Waals surface area (Å²) < 4.78 is 0. The number of nitrogens with two attached hydrogens (primary N) is 2. The SMILES string of the molecule is CC(N)C(=O)NCc1ccc(N)cc1. The highest BCUT2D eigenvalue weighted by Gasteiger charge is 2.05. The highest BCUT2D eigenvalue weighted by atomic mass is 16.2. The fourth-order valence-corrected chi connectivity index (χ4v) is 0.986. The van der Waals surface area contributed by atoms with Gasteiger partial charge in [0.1, 0.15) is 0 Å². The molecule has 0 aliphatic rings. The lowest BCUT2D eigenvalue weighted by Gasteiger charge is -2.07. The van der Waals surface area contributed by atoms with Crippen molar-refractivity contribution >= 4 is 11.6 Å². The molecule has 1 unspecified atom stereocenters. The van der Waals surface area contributed by atoms with Crippen molar-refractivity contribution in [1.82, 2.24) is 5.32 Å². The first-order chi connectivity index (χ1) is 6.59. The Hall–Kier alpha value is -1.55. The van der Waals surface area contributed by atoms with E-state index in [0.29, 0.717) is 12.2 Å². The minimum atomic E-state index is -0.469. The summed E-state index contributed by atoms with van der Waals surface area (Å²) in [6.07, 6.45) is 0. The summed E-state index contributed by atoms with van der Waals surface area (Å²) in [5.74, 6) is -0.151. The van der Waals surface area contributed by atoms with E-state index in [4.69, 9.17) is 11.5 Å². The van der Waals surface area contributed by atoms with Gasteiger partial charge >= 0.3 is 0 Å². The summed E-state index contributed by atoms with van der Waals surface area (Å²) in [6.45, 7) is 2.14. The molecular weight excluding hydrogens is 178 g/mol.